The molecule has 3 unspecified atom stereocenters. The number of hydrogen-bond donors (Lipinski definition) is 0. The van der Waals surface area contributed by atoms with Crippen LogP contribution in [0.25, 0.3) is 36.9 Å². The Bertz CT molecular complexity index is 1990. The summed E-state index contributed by atoms with van der Waals surface area (Å²) in [7, 11) is 0. The van der Waals surface area contributed by atoms with Gasteiger partial charge in [-0.1, -0.05) is 129 Å². The van der Waals surface area contributed by atoms with Gasteiger partial charge in [-0.05, 0) is 88.6 Å². The van der Waals surface area contributed by atoms with Crippen LogP contribution >= 0.6 is 11.3 Å². The second-order valence-corrected chi connectivity index (χ2v) is 13.9. The monoisotopic (exact) mass is 574 g/mol. The second kappa shape index (κ2) is 10.6. The topological polar surface area (TPSA) is 0 Å². The summed E-state index contributed by atoms with van der Waals surface area (Å²) in [5.41, 5.74) is 13.1. The van der Waals surface area contributed by atoms with E-state index in [9.17, 15) is 0 Å². The van der Waals surface area contributed by atoms with Crippen molar-refractivity contribution in [2.24, 2.45) is 11.8 Å². The van der Waals surface area contributed by atoms with Crippen LogP contribution in [0.3, 0.4) is 0 Å². The summed E-state index contributed by atoms with van der Waals surface area (Å²) in [5.74, 6) is 1.73. The van der Waals surface area contributed by atoms with E-state index in [4.69, 9.17) is 0 Å². The fraction of sp³-hybridized carbons (Fsp3) is 0.238. The molecular formula is C42H38S. The Hall–Kier alpha value is -3.94. The molecule has 4 atom stereocenters. The first-order valence-corrected chi connectivity index (χ1v) is 16.8. The molecule has 0 nitrogen and oxygen atoms in total. The highest BCUT2D eigenvalue weighted by Gasteiger charge is 2.45. The fourth-order valence-corrected chi connectivity index (χ4v) is 9.68. The van der Waals surface area contributed by atoms with Gasteiger partial charge in [0.05, 0.1) is 0 Å². The number of fused-ring (bicyclic) bond motifs is 3. The molecule has 3 aliphatic rings. The van der Waals surface area contributed by atoms with Gasteiger partial charge < -0.3 is 0 Å². The molecule has 43 heavy (non-hydrogen) atoms. The summed E-state index contributed by atoms with van der Waals surface area (Å²) >= 11 is 2.01. The molecule has 212 valence electrons. The summed E-state index contributed by atoms with van der Waals surface area (Å²) in [6.45, 7) is 7.31. The Morgan fingerprint density at radius 2 is 1.56 bits per heavy atom. The first kappa shape index (κ1) is 26.7. The molecule has 0 aliphatic heterocycles. The molecule has 0 spiro atoms. The summed E-state index contributed by atoms with van der Waals surface area (Å²) in [4.78, 5) is 0. The molecule has 4 aromatic carbocycles. The van der Waals surface area contributed by atoms with Gasteiger partial charge in [0, 0.05) is 32.0 Å². The van der Waals surface area contributed by atoms with Crippen LogP contribution in [0.4, 0.5) is 0 Å². The van der Waals surface area contributed by atoms with Gasteiger partial charge in [0.1, 0.15) is 0 Å². The third-order valence-corrected chi connectivity index (χ3v) is 11.5. The fourth-order valence-electron chi connectivity index (χ4n) is 8.29. The lowest BCUT2D eigenvalue weighted by Crippen LogP contribution is -2.17. The molecule has 3 aliphatic carbocycles. The summed E-state index contributed by atoms with van der Waals surface area (Å²) in [6.07, 6.45) is 15.3. The van der Waals surface area contributed by atoms with Gasteiger partial charge in [-0.25, -0.2) is 0 Å². The molecule has 8 rings (SSSR count). The van der Waals surface area contributed by atoms with Crippen molar-refractivity contribution in [2.45, 2.75) is 51.9 Å². The van der Waals surface area contributed by atoms with Crippen LogP contribution in [0, 0.1) is 18.8 Å². The van der Waals surface area contributed by atoms with E-state index in [-0.39, 0.29) is 0 Å². The van der Waals surface area contributed by atoms with Crippen LogP contribution in [0.15, 0.2) is 126 Å². The van der Waals surface area contributed by atoms with E-state index in [2.05, 4.69) is 136 Å². The zero-order valence-corrected chi connectivity index (χ0v) is 26.1. The predicted octanol–water partition coefficient (Wildman–Crippen LogP) is 12.2. The highest BCUT2D eigenvalue weighted by atomic mass is 32.1. The molecule has 0 bridgehead atoms. The lowest BCUT2D eigenvalue weighted by atomic mass is 9.72. The Balaban J connectivity index is 1.36. The third kappa shape index (κ3) is 4.32. The smallest absolute Gasteiger partial charge is 0.0393 e. The van der Waals surface area contributed by atoms with E-state index in [1.54, 1.807) is 16.7 Å². The molecule has 1 aromatic heterocycles. The SMILES string of the molecule is Cc1ccc2c(sc3cc(C4=CCCC=C4)ccc32)c1[C@H]1C(C)C2=C(C(C)CC=C2)C1c1ccccc1-c1ccccc1. The summed E-state index contributed by atoms with van der Waals surface area (Å²) < 4.78 is 2.88. The average Bonchev–Trinajstić information content (AvgIpc) is 3.57. The van der Waals surface area contributed by atoms with Crippen LogP contribution in [-0.2, 0) is 0 Å². The standard InChI is InChI=1S/C42H38S/c1-26-13-12-20-32-28(3)40(41(38(26)32)35-19-11-10-18-33(35)30-16-8-5-9-17-30)39-27(2)21-23-36-34-24-22-31(25-37(34)43-42(36)39)29-14-6-4-7-15-29/h5-6,8-12,14-26,28,40-41H,4,7,13H2,1-3H3/t26?,28?,40-,41?/m1/s1. The van der Waals surface area contributed by atoms with Crippen molar-refractivity contribution in [2.75, 3.05) is 0 Å². The van der Waals surface area contributed by atoms with E-state index >= 15 is 0 Å². The maximum atomic E-state index is 2.50. The highest BCUT2D eigenvalue weighted by Crippen LogP contribution is 2.60. The second-order valence-electron chi connectivity index (χ2n) is 12.8. The summed E-state index contributed by atoms with van der Waals surface area (Å²) in [6, 6.07) is 32.2. The van der Waals surface area contributed by atoms with Crippen molar-refractivity contribution in [3.63, 3.8) is 0 Å². The minimum Gasteiger partial charge on any atom is -0.135 e. The van der Waals surface area contributed by atoms with Gasteiger partial charge in [0.2, 0.25) is 0 Å². The molecule has 1 heteroatoms. The van der Waals surface area contributed by atoms with Crippen LogP contribution in [0.2, 0.25) is 0 Å². The Kier molecular flexibility index (Phi) is 6.61. The zero-order chi connectivity index (χ0) is 29.1. The quantitative estimate of drug-likeness (QED) is 0.200. The minimum absolute atomic E-state index is 0.351. The maximum absolute atomic E-state index is 2.50. The van der Waals surface area contributed by atoms with Crippen molar-refractivity contribution in [3.8, 4) is 11.1 Å². The number of aryl methyl sites for hydroxylation is 1. The van der Waals surface area contributed by atoms with Crippen molar-refractivity contribution >= 4 is 37.1 Å². The Labute approximate surface area is 259 Å². The lowest BCUT2D eigenvalue weighted by molar-refractivity contribution is 0.511. The van der Waals surface area contributed by atoms with E-state index in [1.165, 1.54) is 53.6 Å². The Morgan fingerprint density at radius 1 is 0.744 bits per heavy atom. The van der Waals surface area contributed by atoms with Gasteiger partial charge in [-0.3, -0.25) is 0 Å². The normalized spacial score (nSPS) is 23.3. The van der Waals surface area contributed by atoms with Crippen molar-refractivity contribution < 1.29 is 0 Å². The number of benzene rings is 4. The molecule has 0 saturated carbocycles. The molecular weight excluding hydrogens is 537 g/mol. The van der Waals surface area contributed by atoms with E-state index in [0.717, 1.165) is 19.3 Å². The average molecular weight is 575 g/mol. The van der Waals surface area contributed by atoms with Crippen LogP contribution in [0.5, 0.6) is 0 Å². The van der Waals surface area contributed by atoms with E-state index in [1.807, 2.05) is 11.3 Å². The molecule has 0 radical (unpaired) electrons. The number of allylic oxidation sites excluding steroid dienone is 8. The molecule has 0 amide bonds. The number of hydrogen-bond acceptors (Lipinski definition) is 1. The van der Waals surface area contributed by atoms with Crippen LogP contribution in [0.1, 0.15) is 67.2 Å². The first-order valence-electron chi connectivity index (χ1n) is 16.0. The number of thiophene rings is 1. The van der Waals surface area contributed by atoms with Gasteiger partial charge in [0.15, 0.2) is 0 Å². The predicted molar refractivity (Wildman–Crippen MR) is 187 cm³/mol. The van der Waals surface area contributed by atoms with Crippen molar-refractivity contribution in [1.82, 2.24) is 0 Å². The first-order chi connectivity index (χ1) is 21.1. The Morgan fingerprint density at radius 3 is 2.40 bits per heavy atom. The maximum Gasteiger partial charge on any atom is 0.0393 e. The van der Waals surface area contributed by atoms with E-state index in [0.29, 0.717) is 23.7 Å². The minimum atomic E-state index is 0.351. The zero-order valence-electron chi connectivity index (χ0n) is 25.3. The van der Waals surface area contributed by atoms with Crippen molar-refractivity contribution in [1.29, 1.82) is 0 Å². The summed E-state index contributed by atoms with van der Waals surface area (Å²) in [5, 5.41) is 2.80. The number of rotatable bonds is 4. The third-order valence-electron chi connectivity index (χ3n) is 10.3. The molecule has 5 aromatic rings. The van der Waals surface area contributed by atoms with Gasteiger partial charge >= 0.3 is 0 Å². The van der Waals surface area contributed by atoms with Crippen LogP contribution < -0.4 is 0 Å². The molecule has 0 fully saturated rings. The van der Waals surface area contributed by atoms with Gasteiger partial charge in [-0.15, -0.1) is 11.3 Å². The van der Waals surface area contributed by atoms with Crippen molar-refractivity contribution in [3.05, 3.63) is 149 Å². The lowest BCUT2D eigenvalue weighted by Gasteiger charge is -2.31. The molecule has 0 saturated heterocycles. The van der Waals surface area contributed by atoms with E-state index < -0.39 is 0 Å². The molecule has 0 N–H and O–H groups in total. The highest BCUT2D eigenvalue weighted by molar-refractivity contribution is 7.26. The van der Waals surface area contributed by atoms with Gasteiger partial charge in [-0.2, -0.15) is 0 Å². The van der Waals surface area contributed by atoms with Crippen LogP contribution in [-0.4, -0.2) is 0 Å². The molecule has 1 heterocycles. The van der Waals surface area contributed by atoms with Gasteiger partial charge in [0.25, 0.3) is 0 Å². The largest absolute Gasteiger partial charge is 0.135 e.